The van der Waals surface area contributed by atoms with Gasteiger partial charge in [-0.2, -0.15) is 0 Å². The lowest BCUT2D eigenvalue weighted by molar-refractivity contribution is 0.0890. The SMILES string of the molecule is O=C(N[C@H](C(=O)c1cccs1)S(=O)(=O)c1ccccc1)c1ccccc1. The zero-order chi connectivity index (χ0) is 18.6. The number of Topliss-reactive ketones (excluding diaryl/α,β-unsaturated/α-hetero) is 1. The number of hydrogen-bond acceptors (Lipinski definition) is 5. The van der Waals surface area contributed by atoms with Gasteiger partial charge in [0.05, 0.1) is 9.77 Å². The molecule has 0 unspecified atom stereocenters. The Hall–Kier alpha value is -2.77. The number of ketones is 1. The van der Waals surface area contributed by atoms with E-state index in [2.05, 4.69) is 5.32 Å². The molecule has 3 aromatic rings. The standard InChI is InChI=1S/C19H15NO4S2/c21-17(16-12-7-13-25-16)19(20-18(22)14-8-3-1-4-9-14)26(23,24)15-10-5-2-6-11-15/h1-13,19H,(H,20,22)/t19-/m0/s1. The van der Waals surface area contributed by atoms with Crippen molar-refractivity contribution >= 4 is 32.9 Å². The monoisotopic (exact) mass is 385 g/mol. The third kappa shape index (κ3) is 3.74. The predicted molar refractivity (Wildman–Crippen MR) is 100.0 cm³/mol. The first kappa shape index (κ1) is 18.0. The highest BCUT2D eigenvalue weighted by Crippen LogP contribution is 2.20. The molecule has 0 fully saturated rings. The fraction of sp³-hybridized carbons (Fsp3) is 0.0526. The van der Waals surface area contributed by atoms with E-state index in [1.807, 2.05) is 0 Å². The van der Waals surface area contributed by atoms with Crippen LogP contribution in [0.15, 0.2) is 83.1 Å². The summed E-state index contributed by atoms with van der Waals surface area (Å²) in [6, 6.07) is 19.0. The number of amides is 1. The summed E-state index contributed by atoms with van der Waals surface area (Å²) >= 11 is 1.13. The van der Waals surface area contributed by atoms with Crippen molar-refractivity contribution < 1.29 is 18.0 Å². The van der Waals surface area contributed by atoms with Crippen LogP contribution in [0.1, 0.15) is 20.0 Å². The minimum Gasteiger partial charge on any atom is -0.329 e. The number of carbonyl (C=O) groups is 2. The third-order valence-corrected chi connectivity index (χ3v) is 6.45. The molecule has 0 bridgehead atoms. The van der Waals surface area contributed by atoms with E-state index in [1.54, 1.807) is 60.0 Å². The molecule has 2 aromatic carbocycles. The average molecular weight is 385 g/mol. The Morgan fingerprint density at radius 1 is 0.846 bits per heavy atom. The Bertz CT molecular complexity index is 998. The number of carbonyl (C=O) groups excluding carboxylic acids is 2. The van der Waals surface area contributed by atoms with E-state index < -0.39 is 26.9 Å². The Morgan fingerprint density at radius 2 is 1.46 bits per heavy atom. The molecule has 1 atom stereocenters. The van der Waals surface area contributed by atoms with Gasteiger partial charge in [0.1, 0.15) is 0 Å². The van der Waals surface area contributed by atoms with Crippen LogP contribution in [-0.2, 0) is 9.84 Å². The van der Waals surface area contributed by atoms with Crippen LogP contribution >= 0.6 is 11.3 Å². The number of rotatable bonds is 6. The molecule has 0 aliphatic carbocycles. The highest BCUT2D eigenvalue weighted by Gasteiger charge is 2.36. The van der Waals surface area contributed by atoms with E-state index in [1.165, 1.54) is 18.2 Å². The summed E-state index contributed by atoms with van der Waals surface area (Å²) in [4.78, 5) is 25.5. The zero-order valence-corrected chi connectivity index (χ0v) is 15.2. The molecule has 0 spiro atoms. The molecular weight excluding hydrogens is 370 g/mol. The van der Waals surface area contributed by atoms with E-state index in [0.717, 1.165) is 11.3 Å². The molecule has 1 N–H and O–H groups in total. The van der Waals surface area contributed by atoms with Gasteiger partial charge in [-0.25, -0.2) is 8.42 Å². The molecule has 0 aliphatic rings. The minimum absolute atomic E-state index is 0.0248. The summed E-state index contributed by atoms with van der Waals surface area (Å²) in [6.07, 6.45) is 0. The van der Waals surface area contributed by atoms with Gasteiger partial charge < -0.3 is 5.32 Å². The van der Waals surface area contributed by atoms with Crippen molar-refractivity contribution in [1.29, 1.82) is 0 Å². The van der Waals surface area contributed by atoms with Crippen LogP contribution in [0.2, 0.25) is 0 Å². The highest BCUT2D eigenvalue weighted by molar-refractivity contribution is 7.92. The predicted octanol–water partition coefficient (Wildman–Crippen LogP) is 3.16. The molecule has 26 heavy (non-hydrogen) atoms. The molecular formula is C19H15NO4S2. The van der Waals surface area contributed by atoms with Crippen molar-refractivity contribution in [3.63, 3.8) is 0 Å². The number of hydrogen-bond donors (Lipinski definition) is 1. The maximum Gasteiger partial charge on any atom is 0.252 e. The van der Waals surface area contributed by atoms with Crippen LogP contribution in [0.5, 0.6) is 0 Å². The van der Waals surface area contributed by atoms with Crippen molar-refractivity contribution in [3.05, 3.63) is 88.6 Å². The van der Waals surface area contributed by atoms with E-state index in [4.69, 9.17) is 0 Å². The van der Waals surface area contributed by atoms with Crippen LogP contribution in [0.3, 0.4) is 0 Å². The van der Waals surface area contributed by atoms with Crippen molar-refractivity contribution in [2.24, 2.45) is 0 Å². The van der Waals surface area contributed by atoms with Crippen LogP contribution in [0, 0.1) is 0 Å². The molecule has 132 valence electrons. The first-order valence-corrected chi connectivity index (χ1v) is 10.2. The summed E-state index contributed by atoms with van der Waals surface area (Å²) in [7, 11) is -4.10. The maximum absolute atomic E-state index is 13.0. The quantitative estimate of drug-likeness (QED) is 0.661. The van der Waals surface area contributed by atoms with E-state index in [-0.39, 0.29) is 15.3 Å². The lowest BCUT2D eigenvalue weighted by Gasteiger charge is -2.18. The second-order valence-electron chi connectivity index (χ2n) is 5.42. The van der Waals surface area contributed by atoms with Crippen LogP contribution < -0.4 is 5.32 Å². The summed E-state index contributed by atoms with van der Waals surface area (Å²) in [5.41, 5.74) is 0.278. The second-order valence-corrected chi connectivity index (χ2v) is 8.40. The van der Waals surface area contributed by atoms with Crippen LogP contribution in [0.4, 0.5) is 0 Å². The van der Waals surface area contributed by atoms with Crippen LogP contribution in [0.25, 0.3) is 0 Å². The molecule has 7 heteroatoms. The first-order chi connectivity index (χ1) is 12.5. The zero-order valence-electron chi connectivity index (χ0n) is 13.5. The lowest BCUT2D eigenvalue weighted by Crippen LogP contribution is -2.46. The van der Waals surface area contributed by atoms with Gasteiger partial charge in [0.2, 0.25) is 21.0 Å². The molecule has 5 nitrogen and oxygen atoms in total. The first-order valence-electron chi connectivity index (χ1n) is 7.73. The number of thiophene rings is 1. The number of benzene rings is 2. The minimum atomic E-state index is -4.10. The highest BCUT2D eigenvalue weighted by atomic mass is 32.2. The van der Waals surface area contributed by atoms with Gasteiger partial charge >= 0.3 is 0 Å². The third-order valence-electron chi connectivity index (χ3n) is 3.68. The number of sulfone groups is 1. The van der Waals surface area contributed by atoms with Crippen molar-refractivity contribution in [2.75, 3.05) is 0 Å². The maximum atomic E-state index is 13.0. The fourth-order valence-corrected chi connectivity index (χ4v) is 4.62. The molecule has 3 rings (SSSR count). The van der Waals surface area contributed by atoms with Gasteiger partial charge in [0.15, 0.2) is 0 Å². The summed E-state index contributed by atoms with van der Waals surface area (Å²) in [6.45, 7) is 0. The van der Waals surface area contributed by atoms with Gasteiger partial charge in [0, 0.05) is 5.56 Å². The van der Waals surface area contributed by atoms with E-state index in [0.29, 0.717) is 0 Å². The summed E-state index contributed by atoms with van der Waals surface area (Å²) in [5, 5.41) is 2.37. The smallest absolute Gasteiger partial charge is 0.252 e. The van der Waals surface area contributed by atoms with E-state index in [9.17, 15) is 18.0 Å². The molecule has 1 amide bonds. The Kier molecular flexibility index (Phi) is 5.29. The normalized spacial score (nSPS) is 12.3. The van der Waals surface area contributed by atoms with Gasteiger partial charge in [-0.05, 0) is 35.7 Å². The molecule has 1 aromatic heterocycles. The van der Waals surface area contributed by atoms with Crippen LogP contribution in [-0.4, -0.2) is 25.5 Å². The topological polar surface area (TPSA) is 80.3 Å². The Morgan fingerprint density at radius 3 is 2.04 bits per heavy atom. The van der Waals surface area contributed by atoms with Gasteiger partial charge in [-0.1, -0.05) is 42.5 Å². The Labute approximate surface area is 155 Å². The van der Waals surface area contributed by atoms with Gasteiger partial charge in [0.25, 0.3) is 5.91 Å². The lowest BCUT2D eigenvalue weighted by atomic mass is 10.2. The molecule has 1 heterocycles. The molecule has 0 aliphatic heterocycles. The average Bonchev–Trinajstić information content (AvgIpc) is 3.21. The summed E-state index contributed by atoms with van der Waals surface area (Å²) < 4.78 is 26.0. The fourth-order valence-electron chi connectivity index (χ4n) is 2.37. The largest absolute Gasteiger partial charge is 0.329 e. The second kappa shape index (κ2) is 7.63. The molecule has 0 radical (unpaired) electrons. The van der Waals surface area contributed by atoms with E-state index >= 15 is 0 Å². The van der Waals surface area contributed by atoms with Crippen molar-refractivity contribution in [3.8, 4) is 0 Å². The van der Waals surface area contributed by atoms with Crippen molar-refractivity contribution in [1.82, 2.24) is 5.32 Å². The Balaban J connectivity index is 2.00. The molecule has 0 saturated carbocycles. The van der Waals surface area contributed by atoms with Gasteiger partial charge in [-0.3, -0.25) is 9.59 Å². The molecule has 0 saturated heterocycles. The number of nitrogens with one attached hydrogen (secondary N) is 1. The summed E-state index contributed by atoms with van der Waals surface area (Å²) in [5.74, 6) is -1.28. The van der Waals surface area contributed by atoms with Gasteiger partial charge in [-0.15, -0.1) is 11.3 Å². The van der Waals surface area contributed by atoms with Crippen molar-refractivity contribution in [2.45, 2.75) is 10.3 Å².